The van der Waals surface area contributed by atoms with Crippen molar-refractivity contribution in [2.24, 2.45) is 0 Å². The van der Waals surface area contributed by atoms with Crippen LogP contribution in [0.1, 0.15) is 25.1 Å². The molecule has 0 saturated heterocycles. The topological polar surface area (TPSA) is 55.6 Å². The van der Waals surface area contributed by atoms with Crippen molar-refractivity contribution in [3.05, 3.63) is 36.0 Å². The van der Waals surface area contributed by atoms with Crippen LogP contribution in [0.5, 0.6) is 0 Å². The first-order chi connectivity index (χ1) is 8.15. The van der Waals surface area contributed by atoms with Crippen molar-refractivity contribution in [2.75, 3.05) is 0 Å². The second kappa shape index (κ2) is 5.05. The van der Waals surface area contributed by atoms with E-state index in [1.807, 2.05) is 13.1 Å². The maximum absolute atomic E-state index is 4.50. The molecule has 0 radical (unpaired) electrons. The van der Waals surface area contributed by atoms with Gasteiger partial charge in [-0.15, -0.1) is 0 Å². The number of rotatable bonds is 4. The third kappa shape index (κ3) is 3.10. The van der Waals surface area contributed by atoms with Gasteiger partial charge in [0.1, 0.15) is 0 Å². The van der Waals surface area contributed by atoms with Gasteiger partial charge < -0.3 is 5.32 Å². The van der Waals surface area contributed by atoms with Gasteiger partial charge in [0, 0.05) is 25.0 Å². The molecule has 0 spiro atoms. The normalized spacial score (nSPS) is 11.1. The molecule has 90 valence electrons. The molecule has 2 heterocycles. The van der Waals surface area contributed by atoms with E-state index in [-0.39, 0.29) is 0 Å². The van der Waals surface area contributed by atoms with E-state index >= 15 is 0 Å². The first-order valence-corrected chi connectivity index (χ1v) is 5.71. The van der Waals surface area contributed by atoms with E-state index in [0.29, 0.717) is 6.04 Å². The Hall–Kier alpha value is -1.75. The minimum Gasteiger partial charge on any atom is -0.309 e. The molecular formula is C12H17N5. The molecule has 5 nitrogen and oxygen atoms in total. The number of aromatic nitrogens is 4. The average molecular weight is 231 g/mol. The smallest absolute Gasteiger partial charge is 0.172 e. The summed E-state index contributed by atoms with van der Waals surface area (Å²) >= 11 is 0. The third-order valence-corrected chi connectivity index (χ3v) is 2.31. The fraction of sp³-hybridized carbons (Fsp3) is 0.417. The van der Waals surface area contributed by atoms with Crippen molar-refractivity contribution in [3.8, 4) is 5.82 Å². The highest BCUT2D eigenvalue weighted by molar-refractivity contribution is 5.20. The molecule has 1 N–H and O–H groups in total. The molecule has 0 aliphatic heterocycles. The minimum absolute atomic E-state index is 0.437. The van der Waals surface area contributed by atoms with E-state index in [1.54, 1.807) is 23.3 Å². The van der Waals surface area contributed by atoms with Gasteiger partial charge in [-0.25, -0.2) is 9.67 Å². The van der Waals surface area contributed by atoms with Gasteiger partial charge >= 0.3 is 0 Å². The summed E-state index contributed by atoms with van der Waals surface area (Å²) in [5.41, 5.74) is 2.03. The third-order valence-electron chi connectivity index (χ3n) is 2.31. The Kier molecular flexibility index (Phi) is 3.49. The molecular weight excluding hydrogens is 214 g/mol. The van der Waals surface area contributed by atoms with Gasteiger partial charge in [-0.2, -0.15) is 5.10 Å². The maximum Gasteiger partial charge on any atom is 0.172 e. The minimum atomic E-state index is 0.437. The van der Waals surface area contributed by atoms with Crippen LogP contribution in [0.15, 0.2) is 24.8 Å². The van der Waals surface area contributed by atoms with E-state index in [1.165, 1.54) is 0 Å². The van der Waals surface area contributed by atoms with Gasteiger partial charge in [0.25, 0.3) is 0 Å². The number of nitrogens with zero attached hydrogens (tertiary/aromatic N) is 4. The van der Waals surface area contributed by atoms with Gasteiger partial charge in [-0.3, -0.25) is 4.98 Å². The second-order valence-corrected chi connectivity index (χ2v) is 4.37. The molecule has 5 heteroatoms. The van der Waals surface area contributed by atoms with Crippen LogP contribution in [0.25, 0.3) is 5.82 Å². The highest BCUT2D eigenvalue weighted by atomic mass is 15.3. The van der Waals surface area contributed by atoms with Gasteiger partial charge in [0.15, 0.2) is 5.82 Å². The number of hydrogen-bond acceptors (Lipinski definition) is 4. The van der Waals surface area contributed by atoms with Crippen molar-refractivity contribution in [3.63, 3.8) is 0 Å². The van der Waals surface area contributed by atoms with Crippen molar-refractivity contribution >= 4 is 0 Å². The average Bonchev–Trinajstić information content (AvgIpc) is 2.74. The van der Waals surface area contributed by atoms with Crippen LogP contribution < -0.4 is 5.32 Å². The Morgan fingerprint density at radius 3 is 2.76 bits per heavy atom. The van der Waals surface area contributed by atoms with Crippen molar-refractivity contribution in [1.29, 1.82) is 0 Å². The standard InChI is InChI=1S/C12H17N5/c1-9(2)14-6-11-5-13-7-12(16-11)17-8-10(3)4-15-17/h4-5,7-9,14H,6H2,1-3H3. The zero-order valence-corrected chi connectivity index (χ0v) is 10.4. The highest BCUT2D eigenvalue weighted by Gasteiger charge is 2.03. The number of aryl methyl sites for hydroxylation is 1. The molecule has 2 rings (SSSR count). The lowest BCUT2D eigenvalue weighted by atomic mass is 10.3. The summed E-state index contributed by atoms with van der Waals surface area (Å²) < 4.78 is 1.74. The molecule has 0 fully saturated rings. The Morgan fingerprint density at radius 2 is 2.12 bits per heavy atom. The lowest BCUT2D eigenvalue weighted by molar-refractivity contribution is 0.579. The van der Waals surface area contributed by atoms with Crippen molar-refractivity contribution in [2.45, 2.75) is 33.4 Å². The summed E-state index contributed by atoms with van der Waals surface area (Å²) in [6.07, 6.45) is 7.23. The molecule has 2 aromatic rings. The molecule has 0 aromatic carbocycles. The molecule has 0 amide bonds. The molecule has 17 heavy (non-hydrogen) atoms. The summed E-state index contributed by atoms with van der Waals surface area (Å²) in [6, 6.07) is 0.437. The fourth-order valence-electron chi connectivity index (χ4n) is 1.44. The van der Waals surface area contributed by atoms with Crippen LogP contribution in [0.2, 0.25) is 0 Å². The maximum atomic E-state index is 4.50. The first-order valence-electron chi connectivity index (χ1n) is 5.71. The first kappa shape index (κ1) is 11.7. The van der Waals surface area contributed by atoms with Gasteiger partial charge in [0.05, 0.1) is 18.1 Å². The van der Waals surface area contributed by atoms with Gasteiger partial charge in [-0.1, -0.05) is 13.8 Å². The second-order valence-electron chi connectivity index (χ2n) is 4.37. The lowest BCUT2D eigenvalue weighted by Gasteiger charge is -2.08. The van der Waals surface area contributed by atoms with E-state index in [4.69, 9.17) is 0 Å². The van der Waals surface area contributed by atoms with Crippen molar-refractivity contribution in [1.82, 2.24) is 25.1 Å². The fourth-order valence-corrected chi connectivity index (χ4v) is 1.44. The Bertz CT molecular complexity index is 489. The van der Waals surface area contributed by atoms with Crippen molar-refractivity contribution < 1.29 is 0 Å². The summed E-state index contributed by atoms with van der Waals surface area (Å²) in [5, 5.41) is 7.53. The molecule has 0 atom stereocenters. The van der Waals surface area contributed by atoms with Crippen LogP contribution in [0.4, 0.5) is 0 Å². The molecule has 0 aliphatic rings. The monoisotopic (exact) mass is 231 g/mol. The quantitative estimate of drug-likeness (QED) is 0.865. The molecule has 2 aromatic heterocycles. The molecule has 0 saturated carbocycles. The van der Waals surface area contributed by atoms with Crippen LogP contribution in [-0.4, -0.2) is 25.8 Å². The lowest BCUT2D eigenvalue weighted by Crippen LogP contribution is -2.22. The van der Waals surface area contributed by atoms with Crippen LogP contribution in [0, 0.1) is 6.92 Å². The summed E-state index contributed by atoms with van der Waals surface area (Å²) in [6.45, 7) is 6.93. The predicted molar refractivity (Wildman–Crippen MR) is 65.9 cm³/mol. The SMILES string of the molecule is Cc1cnn(-c2cncc(CNC(C)C)n2)c1. The molecule has 0 bridgehead atoms. The van der Waals surface area contributed by atoms with Crippen LogP contribution in [0.3, 0.4) is 0 Å². The van der Waals surface area contributed by atoms with Gasteiger partial charge in [0.2, 0.25) is 0 Å². The zero-order chi connectivity index (χ0) is 12.3. The van der Waals surface area contributed by atoms with E-state index in [0.717, 1.165) is 23.6 Å². The zero-order valence-electron chi connectivity index (χ0n) is 10.4. The Balaban J connectivity index is 2.16. The Labute approximate surface area is 101 Å². The molecule has 0 aliphatic carbocycles. The highest BCUT2D eigenvalue weighted by Crippen LogP contribution is 2.04. The van der Waals surface area contributed by atoms with E-state index < -0.39 is 0 Å². The van der Waals surface area contributed by atoms with Gasteiger partial charge in [-0.05, 0) is 12.5 Å². The predicted octanol–water partition coefficient (Wildman–Crippen LogP) is 1.47. The summed E-state index contributed by atoms with van der Waals surface area (Å²) in [7, 11) is 0. The van der Waals surface area contributed by atoms with E-state index in [9.17, 15) is 0 Å². The largest absolute Gasteiger partial charge is 0.309 e. The number of hydrogen-bond donors (Lipinski definition) is 1. The van der Waals surface area contributed by atoms with Crippen LogP contribution >= 0.6 is 0 Å². The summed E-state index contributed by atoms with van der Waals surface area (Å²) in [5.74, 6) is 0.751. The summed E-state index contributed by atoms with van der Waals surface area (Å²) in [4.78, 5) is 8.69. The molecule has 0 unspecified atom stereocenters. The van der Waals surface area contributed by atoms with Crippen LogP contribution in [-0.2, 0) is 6.54 Å². The number of nitrogens with one attached hydrogen (secondary N) is 1. The van der Waals surface area contributed by atoms with E-state index in [2.05, 4.69) is 34.2 Å². The Morgan fingerprint density at radius 1 is 1.29 bits per heavy atom.